The Balaban J connectivity index is 1.65. The van der Waals surface area contributed by atoms with E-state index in [1.54, 1.807) is 0 Å². The third kappa shape index (κ3) is 1.69. The quantitative estimate of drug-likeness (QED) is 0.755. The number of ether oxygens (including phenoxy) is 1. The Labute approximate surface area is 91.3 Å². The summed E-state index contributed by atoms with van der Waals surface area (Å²) in [5.41, 5.74) is 0. The topological polar surface area (TPSA) is 29.5 Å². The van der Waals surface area contributed by atoms with Crippen LogP contribution in [0.5, 0.6) is 0 Å². The first-order chi connectivity index (χ1) is 7.38. The van der Waals surface area contributed by atoms with Gasteiger partial charge in [-0.05, 0) is 49.5 Å². The number of fused-ring (bicyclic) bond motifs is 1. The summed E-state index contributed by atoms with van der Waals surface area (Å²) in [6, 6.07) is 0. The summed E-state index contributed by atoms with van der Waals surface area (Å²) < 4.78 is 5.56. The molecule has 3 unspecified atom stereocenters. The second kappa shape index (κ2) is 3.82. The molecule has 0 saturated heterocycles. The Morgan fingerprint density at radius 1 is 1.20 bits per heavy atom. The molecule has 3 rings (SSSR count). The molecule has 2 nitrogen and oxygen atoms in total. The van der Waals surface area contributed by atoms with Crippen molar-refractivity contribution in [3.8, 4) is 0 Å². The van der Waals surface area contributed by atoms with Crippen LogP contribution in [0.4, 0.5) is 0 Å². The first-order valence-electron chi connectivity index (χ1n) is 6.39. The number of allylic oxidation sites excluding steroid dienone is 1. The monoisotopic (exact) mass is 208 g/mol. The number of hydrogen-bond donors (Lipinski definition) is 1. The molecule has 0 aromatic heterocycles. The Bertz CT molecular complexity index is 260. The van der Waals surface area contributed by atoms with Crippen molar-refractivity contribution >= 4 is 0 Å². The van der Waals surface area contributed by atoms with E-state index in [1.165, 1.54) is 25.7 Å². The smallest absolute Gasteiger partial charge is 0.121 e. The van der Waals surface area contributed by atoms with E-state index in [0.29, 0.717) is 5.92 Å². The SMILES string of the molecule is OC(C1=CCCCO1)C1C2CCCCC21. The van der Waals surface area contributed by atoms with Gasteiger partial charge in [0.05, 0.1) is 6.61 Å². The molecule has 15 heavy (non-hydrogen) atoms. The molecule has 2 fully saturated rings. The summed E-state index contributed by atoms with van der Waals surface area (Å²) in [7, 11) is 0. The van der Waals surface area contributed by atoms with Crippen molar-refractivity contribution in [2.75, 3.05) is 6.61 Å². The second-order valence-electron chi connectivity index (χ2n) is 5.23. The number of aliphatic hydroxyl groups is 1. The number of hydrogen-bond acceptors (Lipinski definition) is 2. The summed E-state index contributed by atoms with van der Waals surface area (Å²) >= 11 is 0. The molecule has 2 saturated carbocycles. The minimum Gasteiger partial charge on any atom is -0.495 e. The predicted molar refractivity (Wildman–Crippen MR) is 58.2 cm³/mol. The van der Waals surface area contributed by atoms with Crippen LogP contribution in [-0.4, -0.2) is 17.8 Å². The van der Waals surface area contributed by atoms with E-state index in [0.717, 1.165) is 37.0 Å². The fourth-order valence-corrected chi connectivity index (χ4v) is 3.49. The Hall–Kier alpha value is -0.500. The molecule has 0 aromatic carbocycles. The van der Waals surface area contributed by atoms with E-state index < -0.39 is 0 Å². The van der Waals surface area contributed by atoms with Crippen LogP contribution in [0.3, 0.4) is 0 Å². The zero-order valence-corrected chi connectivity index (χ0v) is 9.19. The molecule has 2 heteroatoms. The van der Waals surface area contributed by atoms with Crippen LogP contribution in [0.1, 0.15) is 38.5 Å². The third-order valence-electron chi connectivity index (χ3n) is 4.34. The van der Waals surface area contributed by atoms with Crippen molar-refractivity contribution in [1.82, 2.24) is 0 Å². The molecule has 3 aliphatic rings. The lowest BCUT2D eigenvalue weighted by Crippen LogP contribution is -2.19. The maximum absolute atomic E-state index is 10.3. The third-order valence-corrected chi connectivity index (χ3v) is 4.34. The summed E-state index contributed by atoms with van der Waals surface area (Å²) in [6.45, 7) is 0.797. The van der Waals surface area contributed by atoms with Crippen LogP contribution < -0.4 is 0 Å². The van der Waals surface area contributed by atoms with Gasteiger partial charge in [0, 0.05) is 0 Å². The lowest BCUT2D eigenvalue weighted by Gasteiger charge is -2.20. The zero-order valence-electron chi connectivity index (χ0n) is 9.19. The summed E-state index contributed by atoms with van der Waals surface area (Å²) in [5, 5.41) is 10.3. The maximum Gasteiger partial charge on any atom is 0.121 e. The molecule has 0 amide bonds. The number of aliphatic hydroxyl groups excluding tert-OH is 1. The van der Waals surface area contributed by atoms with Crippen LogP contribution in [0.15, 0.2) is 11.8 Å². The fraction of sp³-hybridized carbons (Fsp3) is 0.846. The maximum atomic E-state index is 10.3. The molecule has 0 aromatic rings. The molecule has 0 spiro atoms. The van der Waals surface area contributed by atoms with Gasteiger partial charge >= 0.3 is 0 Å². The van der Waals surface area contributed by atoms with Crippen molar-refractivity contribution in [3.63, 3.8) is 0 Å². The fourth-order valence-electron chi connectivity index (χ4n) is 3.49. The van der Waals surface area contributed by atoms with Gasteiger partial charge in [0.2, 0.25) is 0 Å². The van der Waals surface area contributed by atoms with E-state index in [9.17, 15) is 5.11 Å². The first-order valence-corrected chi connectivity index (χ1v) is 6.39. The lowest BCUT2D eigenvalue weighted by atomic mass is 10.0. The summed E-state index contributed by atoms with van der Waals surface area (Å²) in [4.78, 5) is 0. The summed E-state index contributed by atoms with van der Waals surface area (Å²) in [6.07, 6.45) is 9.38. The molecule has 1 N–H and O–H groups in total. The van der Waals surface area contributed by atoms with Crippen molar-refractivity contribution in [3.05, 3.63) is 11.8 Å². The van der Waals surface area contributed by atoms with Crippen molar-refractivity contribution in [2.45, 2.75) is 44.6 Å². The van der Waals surface area contributed by atoms with Gasteiger partial charge in [-0.2, -0.15) is 0 Å². The first kappa shape index (κ1) is 9.71. The molecular formula is C13H20O2. The van der Waals surface area contributed by atoms with Gasteiger partial charge in [0.25, 0.3) is 0 Å². The van der Waals surface area contributed by atoms with E-state index in [1.807, 2.05) is 0 Å². The van der Waals surface area contributed by atoms with Crippen LogP contribution in [0, 0.1) is 17.8 Å². The van der Waals surface area contributed by atoms with E-state index in [2.05, 4.69) is 6.08 Å². The van der Waals surface area contributed by atoms with Gasteiger partial charge in [0.15, 0.2) is 0 Å². The molecule has 2 aliphatic carbocycles. The van der Waals surface area contributed by atoms with Gasteiger partial charge in [-0.25, -0.2) is 0 Å². The van der Waals surface area contributed by atoms with Gasteiger partial charge in [0.1, 0.15) is 11.9 Å². The lowest BCUT2D eigenvalue weighted by molar-refractivity contribution is 0.0734. The molecule has 3 atom stereocenters. The van der Waals surface area contributed by atoms with Crippen molar-refractivity contribution < 1.29 is 9.84 Å². The molecule has 1 aliphatic heterocycles. The standard InChI is InChI=1S/C13H20O2/c14-13(11-7-3-4-8-15-11)12-9-5-1-2-6-10(9)12/h7,9-10,12-14H,1-6,8H2. The highest BCUT2D eigenvalue weighted by Gasteiger charge is 2.55. The molecule has 0 radical (unpaired) electrons. The van der Waals surface area contributed by atoms with Crippen LogP contribution in [0.2, 0.25) is 0 Å². The largest absolute Gasteiger partial charge is 0.495 e. The summed E-state index contributed by atoms with van der Waals surface area (Å²) in [5.74, 6) is 3.01. The average molecular weight is 208 g/mol. The van der Waals surface area contributed by atoms with Crippen LogP contribution >= 0.6 is 0 Å². The Morgan fingerprint density at radius 3 is 2.53 bits per heavy atom. The molecule has 1 heterocycles. The minimum atomic E-state index is -0.293. The predicted octanol–water partition coefficient (Wildman–Crippen LogP) is 2.48. The molecular weight excluding hydrogens is 188 g/mol. The normalized spacial score (nSPS) is 41.1. The Kier molecular flexibility index (Phi) is 2.47. The highest BCUT2D eigenvalue weighted by Crippen LogP contribution is 2.58. The van der Waals surface area contributed by atoms with Crippen molar-refractivity contribution in [1.29, 1.82) is 0 Å². The van der Waals surface area contributed by atoms with Gasteiger partial charge in [-0.15, -0.1) is 0 Å². The van der Waals surface area contributed by atoms with Gasteiger partial charge < -0.3 is 9.84 Å². The second-order valence-corrected chi connectivity index (χ2v) is 5.23. The van der Waals surface area contributed by atoms with E-state index >= 15 is 0 Å². The zero-order chi connectivity index (χ0) is 10.3. The van der Waals surface area contributed by atoms with E-state index in [-0.39, 0.29) is 6.10 Å². The van der Waals surface area contributed by atoms with E-state index in [4.69, 9.17) is 4.74 Å². The highest BCUT2D eigenvalue weighted by atomic mass is 16.5. The van der Waals surface area contributed by atoms with Gasteiger partial charge in [-0.1, -0.05) is 12.8 Å². The highest BCUT2D eigenvalue weighted by molar-refractivity contribution is 5.13. The molecule has 84 valence electrons. The van der Waals surface area contributed by atoms with Gasteiger partial charge in [-0.3, -0.25) is 0 Å². The Morgan fingerprint density at radius 2 is 1.93 bits per heavy atom. The number of rotatable bonds is 2. The van der Waals surface area contributed by atoms with Crippen LogP contribution in [-0.2, 0) is 4.74 Å². The minimum absolute atomic E-state index is 0.293. The van der Waals surface area contributed by atoms with Crippen molar-refractivity contribution in [2.24, 2.45) is 17.8 Å². The molecule has 0 bridgehead atoms. The van der Waals surface area contributed by atoms with Crippen LogP contribution in [0.25, 0.3) is 0 Å². The average Bonchev–Trinajstić information content (AvgIpc) is 3.03.